The second-order valence-corrected chi connectivity index (χ2v) is 7.03. The number of methoxy groups -OCH3 is 2. The van der Waals surface area contributed by atoms with Crippen molar-refractivity contribution in [2.45, 2.75) is 13.0 Å². The van der Waals surface area contributed by atoms with Crippen molar-refractivity contribution >= 4 is 15.7 Å². The molecule has 0 radical (unpaired) electrons. The highest BCUT2D eigenvalue weighted by Crippen LogP contribution is 2.34. The van der Waals surface area contributed by atoms with Crippen LogP contribution in [0.4, 0.5) is 5.69 Å². The van der Waals surface area contributed by atoms with E-state index in [0.29, 0.717) is 17.2 Å². The summed E-state index contributed by atoms with van der Waals surface area (Å²) in [7, 11) is -0.330. The Morgan fingerprint density at radius 2 is 1.57 bits per heavy atom. The van der Waals surface area contributed by atoms with Gasteiger partial charge in [-0.3, -0.25) is 4.31 Å². The Hall–Kier alpha value is -2.21. The van der Waals surface area contributed by atoms with Gasteiger partial charge in [0.2, 0.25) is 10.0 Å². The zero-order valence-electron chi connectivity index (χ0n) is 13.7. The summed E-state index contributed by atoms with van der Waals surface area (Å²) in [6.07, 6.45) is 1.20. The average molecular weight is 335 g/mol. The van der Waals surface area contributed by atoms with Gasteiger partial charge in [-0.2, -0.15) is 0 Å². The van der Waals surface area contributed by atoms with Crippen LogP contribution < -0.4 is 13.8 Å². The van der Waals surface area contributed by atoms with Gasteiger partial charge in [0.1, 0.15) is 11.5 Å². The maximum atomic E-state index is 12.4. The number of rotatable bonds is 6. The predicted octanol–water partition coefficient (Wildman–Crippen LogP) is 3.23. The van der Waals surface area contributed by atoms with Crippen molar-refractivity contribution in [2.24, 2.45) is 0 Å². The van der Waals surface area contributed by atoms with E-state index < -0.39 is 16.1 Å². The summed E-state index contributed by atoms with van der Waals surface area (Å²) < 4.78 is 36.6. The summed E-state index contributed by atoms with van der Waals surface area (Å²) in [5.74, 6) is 1.33. The Kier molecular flexibility index (Phi) is 5.15. The first-order valence-corrected chi connectivity index (χ1v) is 8.99. The molecule has 0 N–H and O–H groups in total. The Bertz CT molecular complexity index is 756. The second-order valence-electron chi connectivity index (χ2n) is 5.17. The molecular formula is C17H21NO4S. The molecule has 0 amide bonds. The largest absolute Gasteiger partial charge is 0.497 e. The highest BCUT2D eigenvalue weighted by molar-refractivity contribution is 7.92. The molecule has 2 aromatic carbocycles. The van der Waals surface area contributed by atoms with Crippen LogP contribution in [-0.4, -0.2) is 28.9 Å². The van der Waals surface area contributed by atoms with Crippen molar-refractivity contribution in [3.8, 4) is 11.5 Å². The maximum absolute atomic E-state index is 12.4. The van der Waals surface area contributed by atoms with E-state index in [1.807, 2.05) is 31.2 Å². The quantitative estimate of drug-likeness (QED) is 0.813. The van der Waals surface area contributed by atoms with Gasteiger partial charge in [0.15, 0.2) is 0 Å². The van der Waals surface area contributed by atoms with E-state index in [2.05, 4.69) is 0 Å². The average Bonchev–Trinajstić information content (AvgIpc) is 2.54. The normalized spacial score (nSPS) is 12.5. The molecular weight excluding hydrogens is 314 g/mol. The number of ether oxygens (including phenoxy) is 2. The molecule has 0 saturated heterocycles. The van der Waals surface area contributed by atoms with Crippen molar-refractivity contribution in [3.63, 3.8) is 0 Å². The number of benzene rings is 2. The molecule has 1 atom stereocenters. The maximum Gasteiger partial charge on any atom is 0.232 e. The standard InChI is InChI=1S/C17H21NO4S/c1-13(16-7-5-6-8-17(16)22-3)18(23(4,19)20)14-9-11-15(21-2)12-10-14/h5-13H,1-4H3. The smallest absolute Gasteiger partial charge is 0.232 e. The number of para-hydroxylation sites is 1. The molecule has 0 heterocycles. The van der Waals surface area contributed by atoms with E-state index in [1.54, 1.807) is 38.5 Å². The first-order chi connectivity index (χ1) is 10.9. The Morgan fingerprint density at radius 1 is 0.957 bits per heavy atom. The lowest BCUT2D eigenvalue weighted by Crippen LogP contribution is -2.32. The summed E-state index contributed by atoms with van der Waals surface area (Å²) in [4.78, 5) is 0. The fourth-order valence-electron chi connectivity index (χ4n) is 2.57. The fraction of sp³-hybridized carbons (Fsp3) is 0.294. The lowest BCUT2D eigenvalue weighted by molar-refractivity contribution is 0.407. The van der Waals surface area contributed by atoms with Crippen LogP contribution in [0.5, 0.6) is 11.5 Å². The number of nitrogens with zero attached hydrogens (tertiary/aromatic N) is 1. The van der Waals surface area contributed by atoms with Crippen molar-refractivity contribution in [2.75, 3.05) is 24.8 Å². The first kappa shape index (κ1) is 17.1. The van der Waals surface area contributed by atoms with E-state index in [0.717, 1.165) is 5.56 Å². The molecule has 6 heteroatoms. The molecule has 0 aliphatic heterocycles. The van der Waals surface area contributed by atoms with Gasteiger partial charge >= 0.3 is 0 Å². The molecule has 23 heavy (non-hydrogen) atoms. The zero-order chi connectivity index (χ0) is 17.0. The highest BCUT2D eigenvalue weighted by Gasteiger charge is 2.26. The highest BCUT2D eigenvalue weighted by atomic mass is 32.2. The first-order valence-electron chi connectivity index (χ1n) is 7.15. The number of sulfonamides is 1. The van der Waals surface area contributed by atoms with Crippen molar-refractivity contribution in [1.82, 2.24) is 0 Å². The van der Waals surface area contributed by atoms with Crippen LogP contribution in [0.25, 0.3) is 0 Å². The number of anilines is 1. The van der Waals surface area contributed by atoms with E-state index in [4.69, 9.17) is 9.47 Å². The van der Waals surface area contributed by atoms with Gasteiger partial charge in [0.25, 0.3) is 0 Å². The van der Waals surface area contributed by atoms with Gasteiger partial charge in [0.05, 0.1) is 32.2 Å². The van der Waals surface area contributed by atoms with Crippen LogP contribution in [0.15, 0.2) is 48.5 Å². The monoisotopic (exact) mass is 335 g/mol. The molecule has 124 valence electrons. The van der Waals surface area contributed by atoms with Gasteiger partial charge < -0.3 is 9.47 Å². The number of hydrogen-bond acceptors (Lipinski definition) is 4. The third-order valence-corrected chi connectivity index (χ3v) is 4.87. The minimum atomic E-state index is -3.47. The molecule has 5 nitrogen and oxygen atoms in total. The lowest BCUT2D eigenvalue weighted by atomic mass is 10.1. The van der Waals surface area contributed by atoms with Crippen LogP contribution >= 0.6 is 0 Å². The second kappa shape index (κ2) is 6.91. The Labute approximate surface area is 137 Å². The fourth-order valence-corrected chi connectivity index (χ4v) is 3.76. The molecule has 2 aromatic rings. The molecule has 0 bridgehead atoms. The van der Waals surface area contributed by atoms with Gasteiger partial charge in [-0.05, 0) is 37.3 Å². The van der Waals surface area contributed by atoms with E-state index >= 15 is 0 Å². The number of hydrogen-bond donors (Lipinski definition) is 0. The van der Waals surface area contributed by atoms with Crippen molar-refractivity contribution in [1.29, 1.82) is 0 Å². The molecule has 0 aliphatic carbocycles. The molecule has 2 rings (SSSR count). The van der Waals surface area contributed by atoms with Crippen LogP contribution in [0.2, 0.25) is 0 Å². The summed E-state index contributed by atoms with van der Waals surface area (Å²) in [6, 6.07) is 13.9. The van der Waals surface area contributed by atoms with Crippen LogP contribution in [0.1, 0.15) is 18.5 Å². The summed E-state index contributed by atoms with van der Waals surface area (Å²) in [6.45, 7) is 1.84. The summed E-state index contributed by atoms with van der Waals surface area (Å²) in [5, 5.41) is 0. The van der Waals surface area contributed by atoms with Gasteiger partial charge in [-0.15, -0.1) is 0 Å². The third-order valence-electron chi connectivity index (χ3n) is 3.62. The molecule has 0 aromatic heterocycles. The predicted molar refractivity (Wildman–Crippen MR) is 91.7 cm³/mol. The minimum Gasteiger partial charge on any atom is -0.497 e. The summed E-state index contributed by atoms with van der Waals surface area (Å²) >= 11 is 0. The zero-order valence-corrected chi connectivity index (χ0v) is 14.5. The third kappa shape index (κ3) is 3.76. The van der Waals surface area contributed by atoms with E-state index in [1.165, 1.54) is 10.6 Å². The lowest BCUT2D eigenvalue weighted by Gasteiger charge is -2.30. The summed E-state index contributed by atoms with van der Waals surface area (Å²) in [5.41, 5.74) is 1.38. The molecule has 0 aliphatic rings. The molecule has 0 spiro atoms. The van der Waals surface area contributed by atoms with Crippen LogP contribution in [-0.2, 0) is 10.0 Å². The van der Waals surface area contributed by atoms with Gasteiger partial charge in [-0.1, -0.05) is 18.2 Å². The van der Waals surface area contributed by atoms with Gasteiger partial charge in [-0.25, -0.2) is 8.42 Å². The van der Waals surface area contributed by atoms with Crippen molar-refractivity contribution < 1.29 is 17.9 Å². The Morgan fingerprint density at radius 3 is 2.09 bits per heavy atom. The van der Waals surface area contributed by atoms with Crippen molar-refractivity contribution in [3.05, 3.63) is 54.1 Å². The molecule has 0 saturated carbocycles. The molecule has 1 unspecified atom stereocenters. The van der Waals surface area contributed by atoms with Crippen LogP contribution in [0.3, 0.4) is 0 Å². The Balaban J connectivity index is 2.50. The van der Waals surface area contributed by atoms with E-state index in [9.17, 15) is 8.42 Å². The van der Waals surface area contributed by atoms with E-state index in [-0.39, 0.29) is 0 Å². The topological polar surface area (TPSA) is 55.8 Å². The minimum absolute atomic E-state index is 0.408. The molecule has 0 fully saturated rings. The SMILES string of the molecule is COc1ccc(N(C(C)c2ccccc2OC)S(C)(=O)=O)cc1. The van der Waals surface area contributed by atoms with Gasteiger partial charge in [0, 0.05) is 5.56 Å². The van der Waals surface area contributed by atoms with Crippen LogP contribution in [0, 0.1) is 0 Å².